The fourth-order valence-corrected chi connectivity index (χ4v) is 5.02. The molecule has 2 aromatic rings. The Morgan fingerprint density at radius 1 is 1.22 bits per heavy atom. The second-order valence-corrected chi connectivity index (χ2v) is 7.29. The number of nitrogens with zero attached hydrogens (tertiary/aromatic N) is 2. The molecule has 1 aromatic heterocycles. The van der Waals surface area contributed by atoms with Crippen LogP contribution in [0.2, 0.25) is 0 Å². The van der Waals surface area contributed by atoms with Crippen LogP contribution in [0.15, 0.2) is 35.9 Å². The van der Waals surface area contributed by atoms with Gasteiger partial charge in [0.15, 0.2) is 0 Å². The first-order valence-corrected chi connectivity index (χ1v) is 8.86. The highest BCUT2D eigenvalue weighted by Crippen LogP contribution is 2.49. The minimum atomic E-state index is 0.203. The zero-order valence-electron chi connectivity index (χ0n) is 14.0. The van der Waals surface area contributed by atoms with Gasteiger partial charge in [-0.25, -0.2) is 0 Å². The van der Waals surface area contributed by atoms with Crippen LogP contribution < -0.4 is 0 Å². The predicted octanol–water partition coefficient (Wildman–Crippen LogP) is 4.06. The lowest BCUT2D eigenvalue weighted by atomic mass is 9.85. The van der Waals surface area contributed by atoms with E-state index in [0.717, 1.165) is 26.0 Å². The topological polar surface area (TPSA) is 17.4 Å². The van der Waals surface area contributed by atoms with Crippen molar-refractivity contribution in [3.05, 3.63) is 47.2 Å². The maximum atomic E-state index is 6.31. The lowest BCUT2D eigenvalue weighted by Gasteiger charge is -2.34. The quantitative estimate of drug-likeness (QED) is 0.683. The van der Waals surface area contributed by atoms with E-state index >= 15 is 0 Å². The first kappa shape index (κ1) is 13.8. The largest absolute Gasteiger partial charge is 0.354 e. The average Bonchev–Trinajstić information content (AvgIpc) is 2.85. The molecule has 0 aliphatic carbocycles. The Bertz CT molecular complexity index is 803. The van der Waals surface area contributed by atoms with Crippen LogP contribution in [0.5, 0.6) is 0 Å². The second kappa shape index (κ2) is 4.96. The zero-order valence-corrected chi connectivity index (χ0v) is 14.0. The number of allylic oxidation sites excluding steroid dienone is 1. The summed E-state index contributed by atoms with van der Waals surface area (Å²) < 4.78 is 8.85. The molecule has 3 atom stereocenters. The monoisotopic (exact) mass is 308 g/mol. The van der Waals surface area contributed by atoms with E-state index in [-0.39, 0.29) is 6.23 Å². The molecule has 3 aliphatic rings. The van der Waals surface area contributed by atoms with Crippen LogP contribution in [0.25, 0.3) is 10.9 Å². The molecule has 3 heteroatoms. The number of para-hydroxylation sites is 1. The van der Waals surface area contributed by atoms with Crippen molar-refractivity contribution in [3.63, 3.8) is 0 Å². The van der Waals surface area contributed by atoms with E-state index in [4.69, 9.17) is 4.74 Å². The van der Waals surface area contributed by atoms with Crippen molar-refractivity contribution in [1.82, 2.24) is 9.47 Å². The fourth-order valence-electron chi connectivity index (χ4n) is 5.02. The molecule has 0 unspecified atom stereocenters. The van der Waals surface area contributed by atoms with E-state index in [1.165, 1.54) is 28.6 Å². The SMILES string of the molecule is C/C=C1/CO[C@@H]2C[C@H]1C[C@H]1c3c(c4ccccc4n32)CCN1C. The van der Waals surface area contributed by atoms with Gasteiger partial charge in [-0.2, -0.15) is 0 Å². The second-order valence-electron chi connectivity index (χ2n) is 7.29. The number of ether oxygens (including phenoxy) is 1. The Labute approximate surface area is 137 Å². The Morgan fingerprint density at radius 3 is 2.96 bits per heavy atom. The molecule has 120 valence electrons. The summed E-state index contributed by atoms with van der Waals surface area (Å²) in [6.07, 6.45) is 6.00. The fraction of sp³-hybridized carbons (Fsp3) is 0.500. The van der Waals surface area contributed by atoms with Gasteiger partial charge >= 0.3 is 0 Å². The summed E-state index contributed by atoms with van der Waals surface area (Å²) in [6.45, 7) is 4.12. The van der Waals surface area contributed by atoms with Crippen LogP contribution in [0.1, 0.15) is 43.3 Å². The summed E-state index contributed by atoms with van der Waals surface area (Å²) in [5, 5.41) is 1.44. The lowest BCUT2D eigenvalue weighted by Crippen LogP contribution is -2.33. The maximum absolute atomic E-state index is 6.31. The molecule has 1 saturated heterocycles. The van der Waals surface area contributed by atoms with Crippen molar-refractivity contribution in [2.24, 2.45) is 5.92 Å². The molecule has 4 heterocycles. The molecule has 23 heavy (non-hydrogen) atoms. The Hall–Kier alpha value is -1.58. The molecular formula is C20H24N2O. The molecule has 0 spiro atoms. The number of hydrogen-bond donors (Lipinski definition) is 0. The predicted molar refractivity (Wildman–Crippen MR) is 92.5 cm³/mol. The highest BCUT2D eigenvalue weighted by Gasteiger charge is 2.41. The lowest BCUT2D eigenvalue weighted by molar-refractivity contribution is -0.0203. The van der Waals surface area contributed by atoms with E-state index in [2.05, 4.69) is 53.8 Å². The molecule has 0 radical (unpaired) electrons. The molecule has 2 bridgehead atoms. The van der Waals surface area contributed by atoms with Crippen LogP contribution >= 0.6 is 0 Å². The number of fused-ring (bicyclic) bond motifs is 6. The van der Waals surface area contributed by atoms with Crippen LogP contribution in [-0.2, 0) is 11.2 Å². The van der Waals surface area contributed by atoms with E-state index in [0.29, 0.717) is 12.0 Å². The standard InChI is InChI=1S/C20H24N2O/c1-3-13-12-23-19-11-14(13)10-18-20-16(8-9-21(18)2)15-6-4-5-7-17(15)22(19)20/h3-7,14,18-19H,8-12H2,1-2H3/b13-3-/t14-,18+,19-/m1/s1. The smallest absolute Gasteiger partial charge is 0.135 e. The molecular weight excluding hydrogens is 284 g/mol. The van der Waals surface area contributed by atoms with E-state index in [1.807, 2.05) is 0 Å². The third-order valence-corrected chi connectivity index (χ3v) is 6.24. The zero-order chi connectivity index (χ0) is 15.6. The molecule has 1 aromatic carbocycles. The van der Waals surface area contributed by atoms with Gasteiger partial charge in [0.1, 0.15) is 6.23 Å². The highest BCUT2D eigenvalue weighted by atomic mass is 16.5. The van der Waals surface area contributed by atoms with E-state index in [9.17, 15) is 0 Å². The molecule has 5 rings (SSSR count). The summed E-state index contributed by atoms with van der Waals surface area (Å²) in [6, 6.07) is 9.44. The van der Waals surface area contributed by atoms with Gasteiger partial charge in [-0.05, 0) is 56.4 Å². The average molecular weight is 308 g/mol. The van der Waals surface area contributed by atoms with Crippen molar-refractivity contribution in [1.29, 1.82) is 0 Å². The first-order chi connectivity index (χ1) is 11.3. The van der Waals surface area contributed by atoms with Gasteiger partial charge in [0.25, 0.3) is 0 Å². The van der Waals surface area contributed by atoms with Crippen molar-refractivity contribution in [2.45, 2.75) is 38.5 Å². The summed E-state index contributed by atoms with van der Waals surface area (Å²) in [4.78, 5) is 2.56. The van der Waals surface area contributed by atoms with Gasteiger partial charge in [-0.3, -0.25) is 4.90 Å². The van der Waals surface area contributed by atoms with Gasteiger partial charge in [-0.1, -0.05) is 24.3 Å². The van der Waals surface area contributed by atoms with Gasteiger partial charge < -0.3 is 9.30 Å². The van der Waals surface area contributed by atoms with Crippen LogP contribution in [0.3, 0.4) is 0 Å². The highest BCUT2D eigenvalue weighted by molar-refractivity contribution is 5.86. The van der Waals surface area contributed by atoms with Crippen LogP contribution in [-0.4, -0.2) is 29.7 Å². The van der Waals surface area contributed by atoms with E-state index < -0.39 is 0 Å². The number of rotatable bonds is 0. The van der Waals surface area contributed by atoms with Crippen molar-refractivity contribution >= 4 is 10.9 Å². The normalized spacial score (nSPS) is 32.1. The number of likely N-dealkylation sites (N-methyl/N-ethyl adjacent to an activating group) is 1. The molecule has 3 nitrogen and oxygen atoms in total. The number of hydrogen-bond acceptors (Lipinski definition) is 2. The molecule has 1 fully saturated rings. The third-order valence-electron chi connectivity index (χ3n) is 6.24. The van der Waals surface area contributed by atoms with Crippen molar-refractivity contribution < 1.29 is 4.74 Å². The Balaban J connectivity index is 1.78. The minimum absolute atomic E-state index is 0.203. The van der Waals surface area contributed by atoms with Gasteiger partial charge in [0, 0.05) is 17.6 Å². The van der Waals surface area contributed by atoms with Crippen LogP contribution in [0.4, 0.5) is 0 Å². The molecule has 3 aliphatic heterocycles. The molecule has 0 saturated carbocycles. The summed E-state index contributed by atoms with van der Waals surface area (Å²) in [5.41, 5.74) is 5.97. The van der Waals surface area contributed by atoms with Crippen LogP contribution in [0, 0.1) is 5.92 Å². The first-order valence-electron chi connectivity index (χ1n) is 8.86. The molecule has 0 amide bonds. The molecule has 0 N–H and O–H groups in total. The van der Waals surface area contributed by atoms with Gasteiger partial charge in [0.05, 0.1) is 18.2 Å². The Morgan fingerprint density at radius 2 is 2.09 bits per heavy atom. The number of aromatic nitrogens is 1. The van der Waals surface area contributed by atoms with Crippen molar-refractivity contribution in [2.75, 3.05) is 20.2 Å². The maximum Gasteiger partial charge on any atom is 0.135 e. The van der Waals surface area contributed by atoms with Gasteiger partial charge in [0.2, 0.25) is 0 Å². The summed E-state index contributed by atoms with van der Waals surface area (Å²) in [5.74, 6) is 0.663. The number of benzene rings is 1. The van der Waals surface area contributed by atoms with Gasteiger partial charge in [-0.15, -0.1) is 0 Å². The van der Waals surface area contributed by atoms with E-state index in [1.54, 1.807) is 5.56 Å². The minimum Gasteiger partial charge on any atom is -0.354 e. The third kappa shape index (κ3) is 1.84. The van der Waals surface area contributed by atoms with Crippen molar-refractivity contribution in [3.8, 4) is 0 Å². The summed E-state index contributed by atoms with van der Waals surface area (Å²) in [7, 11) is 2.29. The Kier molecular flexibility index (Phi) is 2.98. The summed E-state index contributed by atoms with van der Waals surface area (Å²) >= 11 is 0.